The quantitative estimate of drug-likeness (QED) is 0.0261. The monoisotopic (exact) mass is 1270 g/mol. The van der Waals surface area contributed by atoms with Crippen molar-refractivity contribution in [3.05, 3.63) is 60.8 Å². The zero-order valence-electron chi connectivity index (χ0n) is 59.4. The van der Waals surface area contributed by atoms with Crippen LogP contribution >= 0.6 is 0 Å². The molecule has 0 aromatic rings. The van der Waals surface area contributed by atoms with Gasteiger partial charge in [0.05, 0.1) is 25.4 Å². The Morgan fingerprint density at radius 3 is 1.01 bits per heavy atom. The maximum Gasteiger partial charge on any atom is 0.220 e. The van der Waals surface area contributed by atoms with E-state index >= 15 is 0 Å². The molecular formula is C81H151NO8. The molecule has 528 valence electrons. The zero-order chi connectivity index (χ0) is 64.9. The first kappa shape index (κ1) is 85.9. The first-order valence-electron chi connectivity index (χ1n) is 39.5. The van der Waals surface area contributed by atoms with E-state index < -0.39 is 49.5 Å². The van der Waals surface area contributed by atoms with Crippen molar-refractivity contribution in [1.29, 1.82) is 0 Å². The van der Waals surface area contributed by atoms with Crippen LogP contribution in [0.3, 0.4) is 0 Å². The number of allylic oxidation sites excluding steroid dienone is 9. The maximum absolute atomic E-state index is 13.2. The van der Waals surface area contributed by atoms with Crippen LogP contribution < -0.4 is 5.32 Å². The molecule has 0 saturated carbocycles. The van der Waals surface area contributed by atoms with Crippen molar-refractivity contribution < 1.29 is 39.8 Å². The molecule has 0 aliphatic carbocycles. The lowest BCUT2D eigenvalue weighted by molar-refractivity contribution is -0.302. The van der Waals surface area contributed by atoms with Gasteiger partial charge in [-0.05, 0) is 70.6 Å². The van der Waals surface area contributed by atoms with Crippen LogP contribution in [0.5, 0.6) is 0 Å². The van der Waals surface area contributed by atoms with Gasteiger partial charge in [0.25, 0.3) is 0 Å². The van der Waals surface area contributed by atoms with Crippen molar-refractivity contribution in [2.75, 3.05) is 13.2 Å². The van der Waals surface area contributed by atoms with Gasteiger partial charge in [0, 0.05) is 6.42 Å². The largest absolute Gasteiger partial charge is 0.394 e. The molecule has 6 N–H and O–H groups in total. The van der Waals surface area contributed by atoms with Gasteiger partial charge in [-0.25, -0.2) is 0 Å². The third kappa shape index (κ3) is 57.3. The molecule has 1 fully saturated rings. The van der Waals surface area contributed by atoms with E-state index in [2.05, 4.69) is 67.8 Å². The van der Waals surface area contributed by atoms with E-state index in [4.69, 9.17) is 9.47 Å². The minimum atomic E-state index is -1.57. The van der Waals surface area contributed by atoms with Gasteiger partial charge in [-0.1, -0.05) is 376 Å². The molecule has 1 rings (SSSR count). The molecule has 0 bridgehead atoms. The number of aliphatic hydroxyl groups excluding tert-OH is 5. The summed E-state index contributed by atoms with van der Waals surface area (Å²) in [4.78, 5) is 13.2. The molecule has 1 aliphatic rings. The second-order valence-electron chi connectivity index (χ2n) is 27.5. The summed E-state index contributed by atoms with van der Waals surface area (Å²) >= 11 is 0. The average molecular weight is 1270 g/mol. The van der Waals surface area contributed by atoms with E-state index in [9.17, 15) is 30.3 Å². The van der Waals surface area contributed by atoms with Gasteiger partial charge >= 0.3 is 0 Å². The number of carbonyl (C=O) groups is 1. The van der Waals surface area contributed by atoms with Crippen LogP contribution in [-0.4, -0.2) is 87.5 Å². The van der Waals surface area contributed by atoms with Crippen LogP contribution in [0.1, 0.15) is 393 Å². The Hall–Kier alpha value is -2.11. The highest BCUT2D eigenvalue weighted by molar-refractivity contribution is 5.76. The third-order valence-corrected chi connectivity index (χ3v) is 18.8. The van der Waals surface area contributed by atoms with Crippen molar-refractivity contribution in [1.82, 2.24) is 5.32 Å². The maximum atomic E-state index is 13.2. The number of ether oxygens (including phenoxy) is 2. The highest BCUT2D eigenvalue weighted by Gasteiger charge is 2.44. The molecule has 9 nitrogen and oxygen atoms in total. The summed E-state index contributed by atoms with van der Waals surface area (Å²) in [7, 11) is 0. The second kappa shape index (κ2) is 69.7. The van der Waals surface area contributed by atoms with E-state index in [1.165, 1.54) is 321 Å². The fourth-order valence-corrected chi connectivity index (χ4v) is 12.7. The topological polar surface area (TPSA) is 149 Å². The third-order valence-electron chi connectivity index (χ3n) is 18.8. The van der Waals surface area contributed by atoms with E-state index in [0.717, 1.165) is 51.4 Å². The van der Waals surface area contributed by atoms with Gasteiger partial charge in [0.1, 0.15) is 24.4 Å². The molecular weight excluding hydrogens is 1110 g/mol. The standard InChI is InChI=1S/C81H151NO8/c1-3-5-7-9-11-13-15-17-19-21-23-25-27-29-31-32-33-34-35-36-37-38-39-40-41-42-43-44-45-47-49-51-53-55-57-59-61-63-65-67-69-71-77(85)82-74(73-89-81-80(88)79(87)78(86)76(72-83)90-81)75(84)70-68-66-64-62-60-58-56-54-52-50-48-46-30-28-26-24-22-20-18-16-14-12-10-8-6-4-2/h15,17,21,23,27,29,60,62,68,70,74-76,78-81,83-84,86-88H,3-14,16,18-20,22,24-26,28,30-59,61,63-67,69,71-73H2,1-2H3,(H,82,85)/b17-15-,23-21-,29-27-,62-60+,70-68+. The van der Waals surface area contributed by atoms with E-state index in [1.54, 1.807) is 6.08 Å². The van der Waals surface area contributed by atoms with Crippen LogP contribution in [0.25, 0.3) is 0 Å². The summed E-state index contributed by atoms with van der Waals surface area (Å²) in [6, 6.07) is -0.823. The molecule has 0 aromatic carbocycles. The Kier molecular flexibility index (Phi) is 66.5. The molecule has 90 heavy (non-hydrogen) atoms. The van der Waals surface area contributed by atoms with Gasteiger partial charge in [-0.2, -0.15) is 0 Å². The fourth-order valence-electron chi connectivity index (χ4n) is 12.7. The lowest BCUT2D eigenvalue weighted by Crippen LogP contribution is -2.60. The number of hydrogen-bond donors (Lipinski definition) is 6. The van der Waals surface area contributed by atoms with Gasteiger partial charge < -0.3 is 40.3 Å². The molecule has 0 radical (unpaired) electrons. The molecule has 1 aliphatic heterocycles. The van der Waals surface area contributed by atoms with Crippen molar-refractivity contribution in [2.45, 2.75) is 436 Å². The van der Waals surface area contributed by atoms with Crippen molar-refractivity contribution >= 4 is 5.91 Å². The van der Waals surface area contributed by atoms with E-state index in [0.29, 0.717) is 6.42 Å². The minimum absolute atomic E-state index is 0.179. The second-order valence-corrected chi connectivity index (χ2v) is 27.5. The van der Waals surface area contributed by atoms with Crippen LogP contribution in [-0.2, 0) is 14.3 Å². The van der Waals surface area contributed by atoms with Gasteiger partial charge in [-0.15, -0.1) is 0 Å². The molecule has 7 unspecified atom stereocenters. The molecule has 9 heteroatoms. The van der Waals surface area contributed by atoms with Gasteiger partial charge in [0.15, 0.2) is 6.29 Å². The Morgan fingerprint density at radius 1 is 0.378 bits per heavy atom. The smallest absolute Gasteiger partial charge is 0.220 e. The van der Waals surface area contributed by atoms with Gasteiger partial charge in [-0.3, -0.25) is 4.79 Å². The lowest BCUT2D eigenvalue weighted by Gasteiger charge is -2.40. The molecule has 1 saturated heterocycles. The van der Waals surface area contributed by atoms with Crippen molar-refractivity contribution in [3.63, 3.8) is 0 Å². The number of carbonyl (C=O) groups excluding carboxylic acids is 1. The van der Waals surface area contributed by atoms with Crippen LogP contribution in [0, 0.1) is 0 Å². The SMILES string of the molecule is CCCCCCC/C=C\C/C=C\C/C=C\CCCCCCCCCCCCCCCCCCCCCCCCCCCCC(=O)NC(COC1OC(CO)C(O)C(O)C1O)C(O)/C=C/CC/C=C/CCCCCCCCCCCCCCCCCCCCCC. The first-order valence-corrected chi connectivity index (χ1v) is 39.5. The molecule has 0 aromatic heterocycles. The number of amides is 1. The zero-order valence-corrected chi connectivity index (χ0v) is 59.4. The Labute approximate surface area is 557 Å². The summed E-state index contributed by atoms with van der Waals surface area (Å²) in [5, 5.41) is 54.8. The number of nitrogens with one attached hydrogen (secondary N) is 1. The first-order chi connectivity index (χ1) is 44.3. The highest BCUT2D eigenvalue weighted by atomic mass is 16.7. The van der Waals surface area contributed by atoms with Crippen LogP contribution in [0.4, 0.5) is 0 Å². The number of rotatable bonds is 70. The highest BCUT2D eigenvalue weighted by Crippen LogP contribution is 2.24. The van der Waals surface area contributed by atoms with E-state index in [1.807, 2.05) is 6.08 Å². The summed E-state index contributed by atoms with van der Waals surface area (Å²) < 4.78 is 11.3. The summed E-state index contributed by atoms with van der Waals surface area (Å²) in [5.74, 6) is -0.179. The summed E-state index contributed by atoms with van der Waals surface area (Å²) in [5.41, 5.74) is 0. The normalized spacial score (nSPS) is 18.1. The minimum Gasteiger partial charge on any atom is -0.394 e. The lowest BCUT2D eigenvalue weighted by atomic mass is 9.99. The average Bonchev–Trinajstić information content (AvgIpc) is 1.28. The summed E-state index contributed by atoms with van der Waals surface area (Å²) in [6.07, 6.45) is 90.9. The van der Waals surface area contributed by atoms with Crippen LogP contribution in [0.15, 0.2) is 60.8 Å². The van der Waals surface area contributed by atoms with Gasteiger partial charge in [0.2, 0.25) is 5.91 Å². The number of aliphatic hydroxyl groups is 5. The van der Waals surface area contributed by atoms with Crippen molar-refractivity contribution in [2.24, 2.45) is 0 Å². The Bertz CT molecular complexity index is 1610. The predicted molar refractivity (Wildman–Crippen MR) is 387 cm³/mol. The predicted octanol–water partition coefficient (Wildman–Crippen LogP) is 22.5. The molecule has 0 spiro atoms. The molecule has 1 heterocycles. The Morgan fingerprint density at radius 2 is 0.667 bits per heavy atom. The summed E-state index contributed by atoms with van der Waals surface area (Å²) in [6.45, 7) is 3.80. The Balaban J connectivity index is 2.06. The molecule has 7 atom stereocenters. The van der Waals surface area contributed by atoms with E-state index in [-0.39, 0.29) is 12.5 Å². The van der Waals surface area contributed by atoms with Crippen molar-refractivity contribution in [3.8, 4) is 0 Å². The van der Waals surface area contributed by atoms with Crippen LogP contribution in [0.2, 0.25) is 0 Å². The molecule has 1 amide bonds. The number of unbranched alkanes of at least 4 members (excludes halogenated alkanes) is 52. The fraction of sp³-hybridized carbons (Fsp3) is 0.864. The number of hydrogen-bond acceptors (Lipinski definition) is 8.